The van der Waals surface area contributed by atoms with Crippen molar-refractivity contribution in [3.63, 3.8) is 0 Å². The zero-order valence-corrected chi connectivity index (χ0v) is 11.7. The van der Waals surface area contributed by atoms with Crippen LogP contribution >= 0.6 is 0 Å². The second-order valence-electron chi connectivity index (χ2n) is 5.07. The van der Waals surface area contributed by atoms with Crippen molar-refractivity contribution in [2.45, 2.75) is 26.3 Å². The molecule has 1 aliphatic rings. The van der Waals surface area contributed by atoms with Crippen LogP contribution in [-0.4, -0.2) is 72.3 Å². The minimum atomic E-state index is -0.388. The molecule has 0 unspecified atom stereocenters. The molecule has 1 fully saturated rings. The summed E-state index contributed by atoms with van der Waals surface area (Å²) < 4.78 is 5.36. The highest BCUT2D eigenvalue weighted by Gasteiger charge is 2.33. The molecule has 0 spiro atoms. The normalized spacial score (nSPS) is 20.3. The number of hydrogen-bond donors (Lipinski definition) is 2. The summed E-state index contributed by atoms with van der Waals surface area (Å²) in [6.07, 6.45) is 0. The number of rotatable bonds is 6. The Balaban J connectivity index is 2.39. The smallest absolute Gasteiger partial charge is 0.159 e. The van der Waals surface area contributed by atoms with E-state index in [4.69, 9.17) is 15.7 Å². The van der Waals surface area contributed by atoms with Crippen molar-refractivity contribution >= 4 is 5.84 Å². The molecule has 6 nitrogen and oxygen atoms in total. The highest BCUT2D eigenvalue weighted by Crippen LogP contribution is 2.17. The molecular formula is C12H26N4O2. The molecule has 0 saturated carbocycles. The van der Waals surface area contributed by atoms with E-state index < -0.39 is 0 Å². The van der Waals surface area contributed by atoms with Crippen LogP contribution < -0.4 is 5.73 Å². The predicted molar refractivity (Wildman–Crippen MR) is 72.0 cm³/mol. The minimum absolute atomic E-state index is 0.269. The molecular weight excluding hydrogens is 232 g/mol. The molecule has 1 saturated heterocycles. The van der Waals surface area contributed by atoms with Crippen LogP contribution in [-0.2, 0) is 4.74 Å². The SMILES string of the molecule is CCOCCN1CCN(C(C)(C)C(N)=NO)CC1. The molecule has 0 aromatic rings. The third-order valence-electron chi connectivity index (χ3n) is 3.65. The first kappa shape index (κ1) is 15.2. The molecule has 0 atom stereocenters. The zero-order valence-electron chi connectivity index (χ0n) is 11.7. The maximum absolute atomic E-state index is 8.81. The van der Waals surface area contributed by atoms with Gasteiger partial charge in [-0.3, -0.25) is 9.80 Å². The Kier molecular flexibility index (Phi) is 5.84. The van der Waals surface area contributed by atoms with E-state index in [0.29, 0.717) is 0 Å². The van der Waals surface area contributed by atoms with Crippen LogP contribution in [0.3, 0.4) is 0 Å². The van der Waals surface area contributed by atoms with Crippen molar-refractivity contribution in [3.05, 3.63) is 0 Å². The third-order valence-corrected chi connectivity index (χ3v) is 3.65. The second kappa shape index (κ2) is 6.92. The van der Waals surface area contributed by atoms with Crippen LogP contribution in [0.5, 0.6) is 0 Å². The van der Waals surface area contributed by atoms with Crippen LogP contribution in [0.4, 0.5) is 0 Å². The Hall–Kier alpha value is -0.850. The standard InChI is InChI=1S/C12H26N4O2/c1-4-18-10-9-15-5-7-16(8-6-15)12(2,3)11(13)14-17/h17H,4-10H2,1-3H3,(H2,13,14). The first-order valence-electron chi connectivity index (χ1n) is 6.55. The molecule has 1 rings (SSSR count). The van der Waals surface area contributed by atoms with Gasteiger partial charge in [-0.15, -0.1) is 0 Å². The van der Waals surface area contributed by atoms with Gasteiger partial charge < -0.3 is 15.7 Å². The first-order valence-corrected chi connectivity index (χ1v) is 6.55. The molecule has 0 bridgehead atoms. The number of hydrogen-bond acceptors (Lipinski definition) is 5. The van der Waals surface area contributed by atoms with Gasteiger partial charge in [0.15, 0.2) is 5.84 Å². The summed E-state index contributed by atoms with van der Waals surface area (Å²) in [4.78, 5) is 4.63. The summed E-state index contributed by atoms with van der Waals surface area (Å²) in [5, 5.41) is 11.9. The van der Waals surface area contributed by atoms with E-state index >= 15 is 0 Å². The number of oxime groups is 1. The van der Waals surface area contributed by atoms with Gasteiger partial charge >= 0.3 is 0 Å². The lowest BCUT2D eigenvalue weighted by atomic mass is 10.0. The molecule has 18 heavy (non-hydrogen) atoms. The fourth-order valence-corrected chi connectivity index (χ4v) is 2.15. The van der Waals surface area contributed by atoms with Gasteiger partial charge in [-0.05, 0) is 20.8 Å². The van der Waals surface area contributed by atoms with E-state index in [-0.39, 0.29) is 11.4 Å². The summed E-state index contributed by atoms with van der Waals surface area (Å²) in [5.41, 5.74) is 5.35. The number of amidine groups is 1. The lowest BCUT2D eigenvalue weighted by molar-refractivity contribution is 0.0572. The Morgan fingerprint density at radius 1 is 1.33 bits per heavy atom. The van der Waals surface area contributed by atoms with Gasteiger partial charge in [-0.1, -0.05) is 5.16 Å². The van der Waals surface area contributed by atoms with Gasteiger partial charge in [-0.2, -0.15) is 0 Å². The molecule has 0 aliphatic carbocycles. The summed E-state index contributed by atoms with van der Waals surface area (Å²) in [6, 6.07) is 0. The van der Waals surface area contributed by atoms with E-state index in [1.807, 2.05) is 20.8 Å². The largest absolute Gasteiger partial charge is 0.409 e. The Labute approximate surface area is 109 Å². The minimum Gasteiger partial charge on any atom is -0.409 e. The van der Waals surface area contributed by atoms with Crippen LogP contribution in [0.25, 0.3) is 0 Å². The van der Waals surface area contributed by atoms with Gasteiger partial charge in [0, 0.05) is 39.3 Å². The molecule has 106 valence electrons. The molecule has 0 amide bonds. The summed E-state index contributed by atoms with van der Waals surface area (Å²) in [7, 11) is 0. The van der Waals surface area contributed by atoms with Crippen LogP contribution in [0, 0.1) is 0 Å². The van der Waals surface area contributed by atoms with Crippen LogP contribution in [0.15, 0.2) is 5.16 Å². The Bertz CT molecular complexity index is 273. The van der Waals surface area contributed by atoms with E-state index in [1.54, 1.807) is 0 Å². The van der Waals surface area contributed by atoms with Gasteiger partial charge in [0.2, 0.25) is 0 Å². The van der Waals surface area contributed by atoms with Crippen molar-refractivity contribution in [2.75, 3.05) is 45.9 Å². The summed E-state index contributed by atoms with van der Waals surface area (Å²) in [6.45, 7) is 12.4. The fourth-order valence-electron chi connectivity index (χ4n) is 2.15. The zero-order chi connectivity index (χ0) is 13.6. The lowest BCUT2D eigenvalue weighted by Gasteiger charge is -2.43. The van der Waals surface area contributed by atoms with Gasteiger partial charge in [0.25, 0.3) is 0 Å². The average Bonchev–Trinajstić information content (AvgIpc) is 2.38. The van der Waals surface area contributed by atoms with Crippen molar-refractivity contribution in [1.82, 2.24) is 9.80 Å². The van der Waals surface area contributed by atoms with E-state index in [9.17, 15) is 0 Å². The van der Waals surface area contributed by atoms with Crippen molar-refractivity contribution in [1.29, 1.82) is 0 Å². The van der Waals surface area contributed by atoms with Gasteiger partial charge in [0.05, 0.1) is 12.1 Å². The number of nitrogens with zero attached hydrogens (tertiary/aromatic N) is 3. The monoisotopic (exact) mass is 258 g/mol. The first-order chi connectivity index (χ1) is 8.52. The van der Waals surface area contributed by atoms with Crippen molar-refractivity contribution in [3.8, 4) is 0 Å². The van der Waals surface area contributed by atoms with Crippen molar-refractivity contribution < 1.29 is 9.94 Å². The molecule has 0 aromatic heterocycles. The average molecular weight is 258 g/mol. The quantitative estimate of drug-likeness (QED) is 0.233. The van der Waals surface area contributed by atoms with Crippen LogP contribution in [0.2, 0.25) is 0 Å². The van der Waals surface area contributed by atoms with Gasteiger partial charge in [-0.25, -0.2) is 0 Å². The topological polar surface area (TPSA) is 74.3 Å². The lowest BCUT2D eigenvalue weighted by Crippen LogP contribution is -2.59. The molecule has 1 aliphatic heterocycles. The molecule has 0 aromatic carbocycles. The molecule has 1 heterocycles. The van der Waals surface area contributed by atoms with Crippen molar-refractivity contribution in [2.24, 2.45) is 10.9 Å². The fraction of sp³-hybridized carbons (Fsp3) is 0.917. The molecule has 0 radical (unpaired) electrons. The maximum atomic E-state index is 8.81. The second-order valence-corrected chi connectivity index (χ2v) is 5.07. The van der Waals surface area contributed by atoms with Crippen LogP contribution in [0.1, 0.15) is 20.8 Å². The van der Waals surface area contributed by atoms with Gasteiger partial charge in [0.1, 0.15) is 0 Å². The van der Waals surface area contributed by atoms with E-state index in [0.717, 1.165) is 45.9 Å². The number of piperazine rings is 1. The third kappa shape index (κ3) is 3.83. The highest BCUT2D eigenvalue weighted by molar-refractivity contribution is 5.88. The molecule has 6 heteroatoms. The summed E-state index contributed by atoms with van der Waals surface area (Å²) in [5.74, 6) is 0.269. The van der Waals surface area contributed by atoms with E-state index in [2.05, 4.69) is 15.0 Å². The summed E-state index contributed by atoms with van der Waals surface area (Å²) >= 11 is 0. The van der Waals surface area contributed by atoms with E-state index in [1.165, 1.54) is 0 Å². The Morgan fingerprint density at radius 2 is 1.94 bits per heavy atom. The predicted octanol–water partition coefficient (Wildman–Crippen LogP) is 0.166. The maximum Gasteiger partial charge on any atom is 0.159 e. The molecule has 3 N–H and O–H groups in total. The Morgan fingerprint density at radius 3 is 2.44 bits per heavy atom. The number of ether oxygens (including phenoxy) is 1. The highest BCUT2D eigenvalue weighted by atomic mass is 16.5. The number of nitrogens with two attached hydrogens (primary N) is 1.